The summed E-state index contributed by atoms with van der Waals surface area (Å²) in [6.45, 7) is 4.71. The second-order valence-corrected chi connectivity index (χ2v) is 9.10. The molecule has 0 atom stereocenters. The number of nitrogens with one attached hydrogen (secondary N) is 2. The zero-order valence-electron chi connectivity index (χ0n) is 21.1. The molecule has 2 amide bonds. The zero-order chi connectivity index (χ0) is 27.7. The van der Waals surface area contributed by atoms with E-state index in [2.05, 4.69) is 10.6 Å². The van der Waals surface area contributed by atoms with Crippen LogP contribution in [-0.4, -0.2) is 31.4 Å². The molecule has 2 N–H and O–H groups in total. The average Bonchev–Trinajstić information content (AvgIpc) is 2.89. The summed E-state index contributed by atoms with van der Waals surface area (Å²) in [4.78, 5) is 27.7. The topological polar surface area (TPSA) is 61.4 Å². The zero-order valence-corrected chi connectivity index (χ0v) is 21.9. The monoisotopic (exact) mass is 543 g/mol. The second-order valence-electron chi connectivity index (χ2n) is 8.69. The number of anilines is 1. The van der Waals surface area contributed by atoms with Crippen molar-refractivity contribution in [2.45, 2.75) is 26.4 Å². The third-order valence-electron chi connectivity index (χ3n) is 5.68. The predicted octanol–water partition coefficient (Wildman–Crippen LogP) is 6.47. The third-order valence-corrected chi connectivity index (χ3v) is 6.01. The molecule has 0 unspecified atom stereocenters. The number of benzene rings is 3. The van der Waals surface area contributed by atoms with Crippen LogP contribution in [0.1, 0.15) is 40.4 Å². The van der Waals surface area contributed by atoms with Gasteiger partial charge >= 0.3 is 6.18 Å². The summed E-state index contributed by atoms with van der Waals surface area (Å²) in [5.41, 5.74) is 1.54. The SMILES string of the molecule is CCCN(CCNC(=O)/C(=C/c1ccc(C)cc1Cl)NC(=O)c1ccccc1)c1cccc(C(F)(F)F)c1. The van der Waals surface area contributed by atoms with Crippen molar-refractivity contribution in [3.05, 3.63) is 106 Å². The van der Waals surface area contributed by atoms with Gasteiger partial charge in [0.1, 0.15) is 5.70 Å². The van der Waals surface area contributed by atoms with Gasteiger partial charge in [0.15, 0.2) is 0 Å². The van der Waals surface area contributed by atoms with E-state index in [9.17, 15) is 22.8 Å². The van der Waals surface area contributed by atoms with Crippen molar-refractivity contribution < 1.29 is 22.8 Å². The van der Waals surface area contributed by atoms with Crippen LogP contribution in [0.25, 0.3) is 6.08 Å². The third kappa shape index (κ3) is 8.11. The molecule has 3 rings (SSSR count). The molecule has 0 aliphatic heterocycles. The van der Waals surface area contributed by atoms with E-state index < -0.39 is 23.6 Å². The van der Waals surface area contributed by atoms with Crippen molar-refractivity contribution in [3.63, 3.8) is 0 Å². The average molecular weight is 544 g/mol. The second kappa shape index (κ2) is 13.1. The normalized spacial score (nSPS) is 11.7. The van der Waals surface area contributed by atoms with Crippen molar-refractivity contribution in [2.24, 2.45) is 0 Å². The fourth-order valence-electron chi connectivity index (χ4n) is 3.77. The highest BCUT2D eigenvalue weighted by Crippen LogP contribution is 2.31. The fourth-order valence-corrected chi connectivity index (χ4v) is 4.06. The van der Waals surface area contributed by atoms with E-state index in [0.29, 0.717) is 34.8 Å². The van der Waals surface area contributed by atoms with E-state index >= 15 is 0 Å². The molecule has 5 nitrogen and oxygen atoms in total. The standard InChI is InChI=1S/C29H29ClF3N3O2/c1-3-15-36(24-11-7-10-23(19-24)29(31,32)33)16-14-34-28(38)26(18-22-13-12-20(2)17-25(22)30)35-27(37)21-8-5-4-6-9-21/h4-13,17-19H,3,14-16H2,1-2H3,(H,34,38)(H,35,37)/b26-18-. The number of halogens is 4. The van der Waals surface area contributed by atoms with Crippen LogP contribution in [0.4, 0.5) is 18.9 Å². The van der Waals surface area contributed by atoms with Gasteiger partial charge in [-0.2, -0.15) is 13.2 Å². The van der Waals surface area contributed by atoms with Gasteiger partial charge in [0, 0.05) is 35.9 Å². The minimum atomic E-state index is -4.45. The number of nitrogens with zero attached hydrogens (tertiary/aromatic N) is 1. The number of rotatable bonds is 10. The molecule has 0 radical (unpaired) electrons. The summed E-state index contributed by atoms with van der Waals surface area (Å²) in [7, 11) is 0. The molecule has 3 aromatic rings. The number of amides is 2. The first-order valence-corrected chi connectivity index (χ1v) is 12.5. The Bertz CT molecular complexity index is 1290. The van der Waals surface area contributed by atoms with E-state index in [1.807, 2.05) is 19.9 Å². The molecule has 0 saturated heterocycles. The highest BCUT2D eigenvalue weighted by Gasteiger charge is 2.30. The van der Waals surface area contributed by atoms with Crippen LogP contribution >= 0.6 is 11.6 Å². The molecule has 0 spiro atoms. The highest BCUT2D eigenvalue weighted by molar-refractivity contribution is 6.32. The van der Waals surface area contributed by atoms with Crippen molar-refractivity contribution in [1.82, 2.24) is 10.6 Å². The van der Waals surface area contributed by atoms with Gasteiger partial charge in [-0.3, -0.25) is 9.59 Å². The minimum absolute atomic E-state index is 0.00860. The van der Waals surface area contributed by atoms with E-state index in [4.69, 9.17) is 11.6 Å². The predicted molar refractivity (Wildman–Crippen MR) is 145 cm³/mol. The molecule has 200 valence electrons. The number of hydrogen-bond donors (Lipinski definition) is 2. The Labute approximate surface area is 225 Å². The molecule has 9 heteroatoms. The lowest BCUT2D eigenvalue weighted by Gasteiger charge is -2.25. The Balaban J connectivity index is 1.77. The molecule has 0 aromatic heterocycles. The van der Waals surface area contributed by atoms with Crippen molar-refractivity contribution in [2.75, 3.05) is 24.5 Å². The molecule has 0 aliphatic carbocycles. The maximum atomic E-state index is 13.2. The van der Waals surface area contributed by atoms with Gasteiger partial charge in [-0.25, -0.2) is 0 Å². The lowest BCUT2D eigenvalue weighted by atomic mass is 10.1. The van der Waals surface area contributed by atoms with E-state index in [1.54, 1.807) is 53.4 Å². The number of aryl methyl sites for hydroxylation is 1. The van der Waals surface area contributed by atoms with Crippen LogP contribution in [0.3, 0.4) is 0 Å². The summed E-state index contributed by atoms with van der Waals surface area (Å²) in [6, 6.07) is 18.9. The van der Waals surface area contributed by atoms with Crippen LogP contribution in [0, 0.1) is 6.92 Å². The summed E-state index contributed by atoms with van der Waals surface area (Å²) in [5, 5.41) is 5.84. The first kappa shape index (κ1) is 28.8. The van der Waals surface area contributed by atoms with Gasteiger partial charge in [0.25, 0.3) is 11.8 Å². The minimum Gasteiger partial charge on any atom is -0.370 e. The van der Waals surface area contributed by atoms with E-state index in [1.165, 1.54) is 12.1 Å². The summed E-state index contributed by atoms with van der Waals surface area (Å²) < 4.78 is 39.6. The molecule has 0 fully saturated rings. The van der Waals surface area contributed by atoms with Crippen molar-refractivity contribution >= 4 is 35.2 Å². The molecular formula is C29H29ClF3N3O2. The van der Waals surface area contributed by atoms with Crippen LogP contribution in [0.5, 0.6) is 0 Å². The molecular weight excluding hydrogens is 515 g/mol. The summed E-state index contributed by atoms with van der Waals surface area (Å²) in [6.07, 6.45) is -2.25. The van der Waals surface area contributed by atoms with Crippen molar-refractivity contribution in [3.8, 4) is 0 Å². The Kier molecular flexibility index (Phi) is 9.96. The first-order valence-electron chi connectivity index (χ1n) is 12.1. The maximum absolute atomic E-state index is 13.2. The lowest BCUT2D eigenvalue weighted by molar-refractivity contribution is -0.137. The first-order chi connectivity index (χ1) is 18.1. The summed E-state index contributed by atoms with van der Waals surface area (Å²) >= 11 is 6.35. The summed E-state index contributed by atoms with van der Waals surface area (Å²) in [5.74, 6) is -1.02. The van der Waals surface area contributed by atoms with Crippen molar-refractivity contribution in [1.29, 1.82) is 0 Å². The lowest BCUT2D eigenvalue weighted by Crippen LogP contribution is -2.39. The number of alkyl halides is 3. The molecule has 0 saturated carbocycles. The number of hydrogen-bond acceptors (Lipinski definition) is 3. The largest absolute Gasteiger partial charge is 0.416 e. The smallest absolute Gasteiger partial charge is 0.370 e. The maximum Gasteiger partial charge on any atom is 0.416 e. The van der Waals surface area contributed by atoms with Gasteiger partial charge in [0.2, 0.25) is 0 Å². The van der Waals surface area contributed by atoms with Crippen LogP contribution in [-0.2, 0) is 11.0 Å². The van der Waals surface area contributed by atoms with Gasteiger partial charge in [-0.1, -0.05) is 54.9 Å². The van der Waals surface area contributed by atoms with Gasteiger partial charge in [-0.05, 0) is 66.9 Å². The molecule has 0 heterocycles. The van der Waals surface area contributed by atoms with Gasteiger partial charge in [-0.15, -0.1) is 0 Å². The Morgan fingerprint density at radius 2 is 1.71 bits per heavy atom. The fraction of sp³-hybridized carbons (Fsp3) is 0.241. The van der Waals surface area contributed by atoms with Crippen LogP contribution < -0.4 is 15.5 Å². The highest BCUT2D eigenvalue weighted by atomic mass is 35.5. The van der Waals surface area contributed by atoms with Crippen LogP contribution in [0.2, 0.25) is 5.02 Å². The Morgan fingerprint density at radius 1 is 0.974 bits per heavy atom. The molecule has 0 bridgehead atoms. The van der Waals surface area contributed by atoms with Gasteiger partial charge in [0.05, 0.1) is 5.56 Å². The molecule has 38 heavy (non-hydrogen) atoms. The molecule has 0 aliphatic rings. The van der Waals surface area contributed by atoms with E-state index in [-0.39, 0.29) is 18.8 Å². The van der Waals surface area contributed by atoms with Crippen LogP contribution in [0.15, 0.2) is 78.5 Å². The van der Waals surface area contributed by atoms with E-state index in [0.717, 1.165) is 17.7 Å². The quantitative estimate of drug-likeness (QED) is 0.288. The Morgan fingerprint density at radius 3 is 2.37 bits per heavy atom. The number of carbonyl (C=O) groups excluding carboxylic acids is 2. The van der Waals surface area contributed by atoms with Gasteiger partial charge < -0.3 is 15.5 Å². The Hall–Kier alpha value is -3.78. The number of carbonyl (C=O) groups is 2. The molecule has 3 aromatic carbocycles.